The summed E-state index contributed by atoms with van der Waals surface area (Å²) in [6.45, 7) is 5.45. The molecule has 2 aromatic heterocycles. The van der Waals surface area contributed by atoms with Crippen LogP contribution < -0.4 is 10.1 Å². The molecule has 0 saturated heterocycles. The van der Waals surface area contributed by atoms with E-state index in [4.69, 9.17) is 11.6 Å². The predicted octanol–water partition coefficient (Wildman–Crippen LogP) is 5.62. The van der Waals surface area contributed by atoms with Crippen molar-refractivity contribution in [3.05, 3.63) is 98.3 Å². The lowest BCUT2D eigenvalue weighted by atomic mass is 10.1. The van der Waals surface area contributed by atoms with Crippen LogP contribution in [0.2, 0.25) is 5.15 Å². The molecule has 0 bridgehead atoms. The number of aryl methyl sites for hydroxylation is 3. The highest BCUT2D eigenvalue weighted by Gasteiger charge is 2.22. The van der Waals surface area contributed by atoms with E-state index in [-0.39, 0.29) is 10.6 Å². The number of hydrazone groups is 1. The first-order valence-electron chi connectivity index (χ1n) is 11.7. The van der Waals surface area contributed by atoms with Crippen LogP contribution in [0.3, 0.4) is 0 Å². The number of nitro benzene ring substituents is 1. The van der Waals surface area contributed by atoms with Gasteiger partial charge in [0.25, 0.3) is 15.7 Å². The smallest absolute Gasteiger partial charge is 0.279 e. The van der Waals surface area contributed by atoms with Crippen LogP contribution in [0, 0.1) is 30.9 Å². The third kappa shape index (κ3) is 4.99. The fourth-order valence-electron chi connectivity index (χ4n) is 4.16. The van der Waals surface area contributed by atoms with Crippen LogP contribution in [-0.2, 0) is 10.0 Å². The van der Waals surface area contributed by atoms with Gasteiger partial charge in [-0.25, -0.2) is 17.9 Å². The summed E-state index contributed by atoms with van der Waals surface area (Å²) in [6, 6.07) is 16.2. The van der Waals surface area contributed by atoms with E-state index >= 15 is 0 Å². The number of halogens is 1. The average molecular weight is 564 g/mol. The van der Waals surface area contributed by atoms with Crippen molar-refractivity contribution in [3.63, 3.8) is 0 Å². The first-order valence-corrected chi connectivity index (χ1v) is 13.5. The van der Waals surface area contributed by atoms with Gasteiger partial charge in [0.15, 0.2) is 5.65 Å². The van der Waals surface area contributed by atoms with Gasteiger partial charge < -0.3 is 0 Å². The summed E-state index contributed by atoms with van der Waals surface area (Å²) in [5.74, 6) is 0. The molecule has 0 fully saturated rings. The van der Waals surface area contributed by atoms with E-state index in [2.05, 4.69) is 25.3 Å². The SMILES string of the molecule is Cc1ccc(NS(=O)(=O)c2ccc(NN=Cc3c(C)nn4c3nc(Cl)c3ccccc34)c([N+](=O)[O-])c2)c(C)c1. The first kappa shape index (κ1) is 26.1. The van der Waals surface area contributed by atoms with Crippen molar-refractivity contribution >= 4 is 61.5 Å². The number of fused-ring (bicyclic) bond motifs is 3. The average Bonchev–Trinajstić information content (AvgIpc) is 3.21. The number of sulfonamides is 1. The molecule has 2 heterocycles. The van der Waals surface area contributed by atoms with Crippen LogP contribution in [0.4, 0.5) is 17.1 Å². The number of hydrogen-bond acceptors (Lipinski definition) is 8. The van der Waals surface area contributed by atoms with Crippen LogP contribution in [0.1, 0.15) is 22.4 Å². The van der Waals surface area contributed by atoms with Crippen LogP contribution in [0.15, 0.2) is 70.7 Å². The van der Waals surface area contributed by atoms with Gasteiger partial charge in [-0.1, -0.05) is 41.4 Å². The van der Waals surface area contributed by atoms with Crippen LogP contribution >= 0.6 is 11.6 Å². The van der Waals surface area contributed by atoms with E-state index < -0.39 is 20.6 Å². The maximum absolute atomic E-state index is 13.0. The number of nitro groups is 1. The summed E-state index contributed by atoms with van der Waals surface area (Å²) in [7, 11) is -4.08. The molecule has 0 amide bonds. The van der Waals surface area contributed by atoms with Crippen LogP contribution in [0.25, 0.3) is 16.6 Å². The maximum Gasteiger partial charge on any atom is 0.295 e. The lowest BCUT2D eigenvalue weighted by Crippen LogP contribution is -2.14. The first-order chi connectivity index (χ1) is 18.5. The summed E-state index contributed by atoms with van der Waals surface area (Å²) < 4.78 is 30.1. The van der Waals surface area contributed by atoms with E-state index in [9.17, 15) is 18.5 Å². The lowest BCUT2D eigenvalue weighted by Gasteiger charge is -2.12. The molecule has 198 valence electrons. The largest absolute Gasteiger partial charge is 0.295 e. The van der Waals surface area contributed by atoms with Crippen LogP contribution in [0.5, 0.6) is 0 Å². The second-order valence-electron chi connectivity index (χ2n) is 8.88. The van der Waals surface area contributed by atoms with Gasteiger partial charge in [0, 0.05) is 11.5 Å². The quantitative estimate of drug-likeness (QED) is 0.113. The molecule has 5 aromatic rings. The molecule has 0 radical (unpaired) electrons. The normalized spacial score (nSPS) is 11.9. The highest BCUT2D eigenvalue weighted by molar-refractivity contribution is 7.92. The molecule has 0 aliphatic carbocycles. The Morgan fingerprint density at radius 3 is 2.54 bits per heavy atom. The van der Waals surface area contributed by atoms with Crippen molar-refractivity contribution in [1.29, 1.82) is 0 Å². The zero-order valence-electron chi connectivity index (χ0n) is 21.0. The summed E-state index contributed by atoms with van der Waals surface area (Å²) in [5, 5.41) is 21.5. The van der Waals surface area contributed by atoms with Crippen molar-refractivity contribution < 1.29 is 13.3 Å². The molecular formula is C26H22ClN7O4S. The number of para-hydroxylation sites is 1. The number of aromatic nitrogens is 3. The molecule has 0 atom stereocenters. The molecule has 11 nitrogen and oxygen atoms in total. The highest BCUT2D eigenvalue weighted by Crippen LogP contribution is 2.30. The Labute approximate surface area is 228 Å². The van der Waals surface area contributed by atoms with Crippen molar-refractivity contribution in [2.75, 3.05) is 10.1 Å². The van der Waals surface area contributed by atoms with E-state index in [0.29, 0.717) is 27.7 Å². The Balaban J connectivity index is 1.44. The van der Waals surface area contributed by atoms with E-state index in [0.717, 1.165) is 28.1 Å². The fraction of sp³-hybridized carbons (Fsp3) is 0.115. The molecule has 39 heavy (non-hydrogen) atoms. The van der Waals surface area contributed by atoms with E-state index in [1.165, 1.54) is 18.3 Å². The van der Waals surface area contributed by atoms with E-state index in [1.54, 1.807) is 30.5 Å². The molecular weight excluding hydrogens is 542 g/mol. The molecule has 0 aliphatic rings. The van der Waals surface area contributed by atoms with Gasteiger partial charge in [0.05, 0.1) is 38.5 Å². The zero-order valence-corrected chi connectivity index (χ0v) is 22.6. The summed E-state index contributed by atoms with van der Waals surface area (Å²) >= 11 is 6.38. The molecule has 0 aliphatic heterocycles. The summed E-state index contributed by atoms with van der Waals surface area (Å²) in [6.07, 6.45) is 1.44. The summed E-state index contributed by atoms with van der Waals surface area (Å²) in [4.78, 5) is 15.3. The van der Waals surface area contributed by atoms with Gasteiger partial charge in [-0.3, -0.25) is 20.3 Å². The fourth-order valence-corrected chi connectivity index (χ4v) is 5.55. The van der Waals surface area contributed by atoms with Crippen LogP contribution in [-0.4, -0.2) is 34.2 Å². The predicted molar refractivity (Wildman–Crippen MR) is 151 cm³/mol. The Hall–Kier alpha value is -4.55. The molecule has 5 rings (SSSR count). The molecule has 0 saturated carbocycles. The topological polar surface area (TPSA) is 144 Å². The lowest BCUT2D eigenvalue weighted by molar-refractivity contribution is -0.384. The minimum Gasteiger partial charge on any atom is -0.279 e. The minimum atomic E-state index is -4.08. The van der Waals surface area contributed by atoms with Crippen molar-refractivity contribution in [2.24, 2.45) is 5.10 Å². The third-order valence-electron chi connectivity index (χ3n) is 6.12. The zero-order chi connectivity index (χ0) is 27.9. The van der Waals surface area contributed by atoms with Gasteiger partial charge in [-0.15, -0.1) is 0 Å². The van der Waals surface area contributed by atoms with Crippen molar-refractivity contribution in [1.82, 2.24) is 14.6 Å². The Morgan fingerprint density at radius 1 is 1.05 bits per heavy atom. The number of anilines is 2. The second kappa shape index (κ2) is 9.97. The van der Waals surface area contributed by atoms with Gasteiger partial charge >= 0.3 is 0 Å². The number of nitrogens with one attached hydrogen (secondary N) is 2. The number of benzene rings is 3. The highest BCUT2D eigenvalue weighted by atomic mass is 35.5. The Bertz CT molecular complexity index is 1920. The molecule has 0 unspecified atom stereocenters. The Morgan fingerprint density at radius 2 is 1.79 bits per heavy atom. The van der Waals surface area contributed by atoms with Gasteiger partial charge in [-0.05, 0) is 56.7 Å². The van der Waals surface area contributed by atoms with Gasteiger partial charge in [-0.2, -0.15) is 10.2 Å². The summed E-state index contributed by atoms with van der Waals surface area (Å²) in [5.41, 5.74) is 6.70. The molecule has 3 aromatic carbocycles. The number of rotatable bonds is 7. The van der Waals surface area contributed by atoms with E-state index in [1.807, 2.05) is 37.3 Å². The molecule has 2 N–H and O–H groups in total. The maximum atomic E-state index is 13.0. The number of hydrogen-bond donors (Lipinski definition) is 2. The number of nitrogens with zero attached hydrogens (tertiary/aromatic N) is 5. The second-order valence-corrected chi connectivity index (χ2v) is 10.9. The van der Waals surface area contributed by atoms with Gasteiger partial charge in [0.1, 0.15) is 10.8 Å². The van der Waals surface area contributed by atoms with Crippen molar-refractivity contribution in [2.45, 2.75) is 25.7 Å². The van der Waals surface area contributed by atoms with Crippen molar-refractivity contribution in [3.8, 4) is 0 Å². The third-order valence-corrected chi connectivity index (χ3v) is 7.77. The van der Waals surface area contributed by atoms with Gasteiger partial charge in [0.2, 0.25) is 0 Å². The Kier molecular flexibility index (Phi) is 6.66. The minimum absolute atomic E-state index is 0.00675. The molecule has 13 heteroatoms. The monoisotopic (exact) mass is 563 g/mol. The standard InChI is InChI=1S/C26H22ClN7O4S/c1-15-8-10-21(16(2)12-15)32-39(37,38)18-9-11-22(24(13-18)34(35)36)30-28-14-20-17(3)31-33-23-7-5-4-6-19(23)25(27)29-26(20)33/h4-14,30,32H,1-3H3. The molecule has 0 spiro atoms.